The van der Waals surface area contributed by atoms with Gasteiger partial charge in [-0.15, -0.1) is 0 Å². The van der Waals surface area contributed by atoms with Crippen molar-refractivity contribution in [2.75, 3.05) is 6.54 Å². The first-order valence-electron chi connectivity index (χ1n) is 4.86. The molecule has 6 heteroatoms. The number of nitrogens with one attached hydrogen (secondary N) is 1. The zero-order chi connectivity index (χ0) is 12.5. The van der Waals surface area contributed by atoms with Crippen molar-refractivity contribution in [1.29, 1.82) is 0 Å². The average Bonchev–Trinajstić information content (AvgIpc) is 2.28. The molecule has 0 spiro atoms. The third kappa shape index (κ3) is 2.77. The van der Waals surface area contributed by atoms with E-state index in [9.17, 15) is 13.0 Å². The molecule has 0 amide bonds. The molecule has 0 bridgehead atoms. The summed E-state index contributed by atoms with van der Waals surface area (Å²) in [5.74, 6) is 0. The van der Waals surface area contributed by atoms with E-state index in [1.165, 1.54) is 6.07 Å². The van der Waals surface area contributed by atoms with Crippen LogP contribution in [0.25, 0.3) is 5.57 Å². The van der Waals surface area contributed by atoms with Crippen LogP contribution in [0.15, 0.2) is 45.9 Å². The summed E-state index contributed by atoms with van der Waals surface area (Å²) in [6, 6.07) is 4.63. The van der Waals surface area contributed by atoms with Crippen molar-refractivity contribution in [3.8, 4) is 0 Å². The molecule has 2 N–H and O–H groups in total. The van der Waals surface area contributed by atoms with E-state index in [-0.39, 0.29) is 4.90 Å². The minimum atomic E-state index is -4.22. The van der Waals surface area contributed by atoms with Crippen molar-refractivity contribution in [3.05, 3.63) is 46.6 Å². The number of rotatable bonds is 2. The molecule has 0 saturated carbocycles. The molecule has 90 valence electrons. The standard InChI is InChI=1S/C11H10BrNO3S/c12-9-1-2-11(17(14,15)16)10(7-9)8-3-5-13-6-4-8/h1-5,7,13H,6H2,(H,14,15,16). The van der Waals surface area contributed by atoms with Gasteiger partial charge in [-0.2, -0.15) is 8.42 Å². The first kappa shape index (κ1) is 12.3. The summed E-state index contributed by atoms with van der Waals surface area (Å²) in [6.07, 6.45) is 5.36. The molecule has 0 atom stereocenters. The molecule has 1 aromatic carbocycles. The number of dihydropyridines is 1. The maximum atomic E-state index is 11.3. The van der Waals surface area contributed by atoms with Crippen LogP contribution in [0.5, 0.6) is 0 Å². The Morgan fingerprint density at radius 1 is 1.35 bits per heavy atom. The van der Waals surface area contributed by atoms with Crippen molar-refractivity contribution in [1.82, 2.24) is 5.32 Å². The molecule has 1 aliphatic heterocycles. The molecule has 4 nitrogen and oxygen atoms in total. The molecule has 1 aromatic rings. The Bertz CT molecular complexity index is 605. The zero-order valence-corrected chi connectivity index (χ0v) is 11.1. The number of allylic oxidation sites excluding steroid dienone is 2. The fourth-order valence-electron chi connectivity index (χ4n) is 1.61. The second-order valence-corrected chi connectivity index (χ2v) is 5.82. The van der Waals surface area contributed by atoms with Gasteiger partial charge in [0.25, 0.3) is 10.1 Å². The monoisotopic (exact) mass is 315 g/mol. The molecular weight excluding hydrogens is 306 g/mol. The van der Waals surface area contributed by atoms with Gasteiger partial charge >= 0.3 is 0 Å². The van der Waals surface area contributed by atoms with Gasteiger partial charge in [0.2, 0.25) is 0 Å². The Morgan fingerprint density at radius 3 is 2.71 bits per heavy atom. The fraction of sp³-hybridized carbons (Fsp3) is 0.0909. The second kappa shape index (κ2) is 4.64. The number of benzene rings is 1. The summed E-state index contributed by atoms with van der Waals surface area (Å²) in [4.78, 5) is -0.0847. The van der Waals surface area contributed by atoms with E-state index in [0.717, 1.165) is 10.0 Å². The highest BCUT2D eigenvalue weighted by Gasteiger charge is 2.17. The van der Waals surface area contributed by atoms with Gasteiger partial charge in [-0.1, -0.05) is 22.0 Å². The number of hydrogen-bond acceptors (Lipinski definition) is 3. The van der Waals surface area contributed by atoms with E-state index in [1.54, 1.807) is 24.4 Å². The molecule has 0 fully saturated rings. The van der Waals surface area contributed by atoms with Crippen LogP contribution in [-0.2, 0) is 10.1 Å². The van der Waals surface area contributed by atoms with Crippen molar-refractivity contribution in [2.24, 2.45) is 0 Å². The molecule has 2 rings (SSSR count). The molecular formula is C11H10BrNO3S. The van der Waals surface area contributed by atoms with Crippen molar-refractivity contribution in [3.63, 3.8) is 0 Å². The Balaban J connectivity index is 2.63. The predicted octanol–water partition coefficient (Wildman–Crippen LogP) is 2.20. The molecule has 0 aliphatic carbocycles. The minimum absolute atomic E-state index is 0.0847. The first-order valence-corrected chi connectivity index (χ1v) is 7.09. The van der Waals surface area contributed by atoms with Gasteiger partial charge < -0.3 is 5.32 Å². The smallest absolute Gasteiger partial charge is 0.295 e. The van der Waals surface area contributed by atoms with Gasteiger partial charge in [-0.25, -0.2) is 0 Å². The summed E-state index contributed by atoms with van der Waals surface area (Å²) in [7, 11) is -4.22. The van der Waals surface area contributed by atoms with E-state index < -0.39 is 10.1 Å². The lowest BCUT2D eigenvalue weighted by Crippen LogP contribution is -2.10. The summed E-state index contributed by atoms with van der Waals surface area (Å²) in [5, 5.41) is 2.98. The van der Waals surface area contributed by atoms with E-state index in [4.69, 9.17) is 0 Å². The molecule has 1 aliphatic rings. The van der Waals surface area contributed by atoms with Gasteiger partial charge in [-0.05, 0) is 36.0 Å². The second-order valence-electron chi connectivity index (χ2n) is 3.52. The van der Waals surface area contributed by atoms with Gasteiger partial charge in [0.15, 0.2) is 0 Å². The highest BCUT2D eigenvalue weighted by atomic mass is 79.9. The Labute approximate surface area is 108 Å². The first-order chi connectivity index (χ1) is 7.98. The SMILES string of the molecule is O=S(=O)(O)c1ccc(Br)cc1C1=CCNC=C1. The lowest BCUT2D eigenvalue weighted by Gasteiger charge is -2.12. The quantitative estimate of drug-likeness (QED) is 0.821. The number of hydrogen-bond donors (Lipinski definition) is 2. The lowest BCUT2D eigenvalue weighted by atomic mass is 10.0. The molecule has 0 unspecified atom stereocenters. The highest BCUT2D eigenvalue weighted by molar-refractivity contribution is 9.10. The molecule has 1 heterocycles. The van der Waals surface area contributed by atoms with Crippen LogP contribution in [0.3, 0.4) is 0 Å². The third-order valence-electron chi connectivity index (χ3n) is 2.35. The summed E-state index contributed by atoms with van der Waals surface area (Å²) in [6.45, 7) is 0.628. The van der Waals surface area contributed by atoms with Crippen molar-refractivity contribution in [2.45, 2.75) is 4.90 Å². The Hall–Kier alpha value is -1.11. The van der Waals surface area contributed by atoms with Crippen LogP contribution >= 0.6 is 15.9 Å². The van der Waals surface area contributed by atoms with Crippen LogP contribution in [0, 0.1) is 0 Å². The van der Waals surface area contributed by atoms with Crippen molar-refractivity contribution < 1.29 is 13.0 Å². The highest BCUT2D eigenvalue weighted by Crippen LogP contribution is 2.28. The van der Waals surface area contributed by atoms with Crippen LogP contribution in [-0.4, -0.2) is 19.5 Å². The molecule has 17 heavy (non-hydrogen) atoms. The van der Waals surface area contributed by atoms with Gasteiger partial charge in [0.1, 0.15) is 4.90 Å². The van der Waals surface area contributed by atoms with Gasteiger partial charge in [0, 0.05) is 16.6 Å². The van der Waals surface area contributed by atoms with Crippen LogP contribution in [0.1, 0.15) is 5.56 Å². The lowest BCUT2D eigenvalue weighted by molar-refractivity contribution is 0.483. The molecule has 0 radical (unpaired) electrons. The normalized spacial score (nSPS) is 15.3. The van der Waals surface area contributed by atoms with E-state index in [2.05, 4.69) is 21.2 Å². The van der Waals surface area contributed by atoms with Crippen LogP contribution < -0.4 is 5.32 Å². The summed E-state index contributed by atoms with van der Waals surface area (Å²) in [5.41, 5.74) is 1.25. The van der Waals surface area contributed by atoms with Crippen LogP contribution in [0.2, 0.25) is 0 Å². The van der Waals surface area contributed by atoms with Crippen LogP contribution in [0.4, 0.5) is 0 Å². The Morgan fingerprint density at radius 2 is 2.12 bits per heavy atom. The largest absolute Gasteiger partial charge is 0.387 e. The van der Waals surface area contributed by atoms with E-state index >= 15 is 0 Å². The zero-order valence-electron chi connectivity index (χ0n) is 8.72. The maximum Gasteiger partial charge on any atom is 0.295 e. The van der Waals surface area contributed by atoms with Gasteiger partial charge in [0.05, 0.1) is 0 Å². The summed E-state index contributed by atoms with van der Waals surface area (Å²) >= 11 is 3.29. The number of halogens is 1. The topological polar surface area (TPSA) is 66.4 Å². The molecule has 0 aromatic heterocycles. The predicted molar refractivity (Wildman–Crippen MR) is 69.1 cm³/mol. The molecule has 0 saturated heterocycles. The summed E-state index contributed by atoms with van der Waals surface area (Å²) < 4.78 is 32.5. The van der Waals surface area contributed by atoms with E-state index in [1.807, 2.05) is 6.08 Å². The fourth-order valence-corrected chi connectivity index (χ4v) is 2.66. The maximum absolute atomic E-state index is 11.3. The third-order valence-corrected chi connectivity index (χ3v) is 3.76. The average molecular weight is 316 g/mol. The van der Waals surface area contributed by atoms with Crippen molar-refractivity contribution >= 4 is 31.6 Å². The van der Waals surface area contributed by atoms with E-state index in [0.29, 0.717) is 12.1 Å². The minimum Gasteiger partial charge on any atom is -0.387 e. The van der Waals surface area contributed by atoms with Gasteiger partial charge in [-0.3, -0.25) is 4.55 Å². The Kier molecular flexibility index (Phi) is 3.37.